The van der Waals surface area contributed by atoms with Crippen molar-refractivity contribution in [1.29, 1.82) is 0 Å². The molecule has 0 aromatic rings. The van der Waals surface area contributed by atoms with E-state index in [0.717, 1.165) is 0 Å². The van der Waals surface area contributed by atoms with Gasteiger partial charge in [0, 0.05) is 0 Å². The average Bonchev–Trinajstić information content (AvgIpc) is 3.64. The minimum atomic E-state index is 1.50. The van der Waals surface area contributed by atoms with Gasteiger partial charge in [0.2, 0.25) is 0 Å². The Morgan fingerprint density at radius 1 is 0.0385 bits per heavy atom. The Morgan fingerprint density at radius 2 is 0.0577 bits per heavy atom. The highest BCUT2D eigenvalue weighted by Crippen LogP contribution is 2.19. The van der Waals surface area contributed by atoms with E-state index < -0.39 is 0 Å². The maximum Gasteiger partial charge on any atom is -0.0533 e. The van der Waals surface area contributed by atoms with Crippen LogP contribution in [-0.4, -0.2) is 0 Å². The molecule has 0 heterocycles. The molecule has 0 aromatic carbocycles. The lowest BCUT2D eigenvalue weighted by Gasteiger charge is -2.05. The Bertz CT molecular complexity index is 337. The van der Waals surface area contributed by atoms with E-state index in [-0.39, 0.29) is 0 Å². The highest BCUT2D eigenvalue weighted by molar-refractivity contribution is 4.55. The summed E-state index contributed by atoms with van der Waals surface area (Å²) in [6.45, 7) is 0. The molecule has 14 saturated carbocycles. The fraction of sp³-hybridized carbons (Fsp3) is 1.00. The highest BCUT2D eigenvalue weighted by Gasteiger charge is 2.00. The molecule has 0 aliphatic heterocycles. The third-order valence-corrected chi connectivity index (χ3v) is 11.4. The monoisotopic (exact) mass is 729 g/mol. The van der Waals surface area contributed by atoms with E-state index in [0.29, 0.717) is 0 Å². The predicted molar refractivity (Wildman–Crippen MR) is 240 cm³/mol. The summed E-state index contributed by atoms with van der Waals surface area (Å²) in [6.07, 6.45) is 78.0. The summed E-state index contributed by atoms with van der Waals surface area (Å²) in [5.74, 6) is 0. The van der Waals surface area contributed by atoms with Crippen molar-refractivity contribution in [1.82, 2.24) is 0 Å². The summed E-state index contributed by atoms with van der Waals surface area (Å²) in [5.41, 5.74) is 0. The molecule has 0 nitrogen and oxygen atoms in total. The Kier molecular flexibility index (Phi) is 45.4. The molecule has 0 spiro atoms. The molecule has 14 fully saturated rings. The standard InChI is InChI=1S/10C4H8.4C3H6/c10*1-2-4-3-1;4*1-2-3-1/h10*1-4H2;4*1-3H2. The summed E-state index contributed by atoms with van der Waals surface area (Å²) in [4.78, 5) is 0. The van der Waals surface area contributed by atoms with Crippen LogP contribution in [0.5, 0.6) is 0 Å². The van der Waals surface area contributed by atoms with Crippen LogP contribution in [-0.2, 0) is 0 Å². The van der Waals surface area contributed by atoms with Gasteiger partial charge in [0.05, 0.1) is 0 Å². The Labute approximate surface area is 332 Å². The third-order valence-electron chi connectivity index (χ3n) is 11.4. The predicted octanol–water partition coefficient (Wildman–Crippen LogP) is 20.3. The van der Waals surface area contributed by atoms with Crippen molar-refractivity contribution in [2.45, 2.75) is 334 Å². The van der Waals surface area contributed by atoms with Gasteiger partial charge in [0.25, 0.3) is 0 Å². The first-order valence-corrected chi connectivity index (χ1v) is 26.0. The molecule has 0 atom stereocenters. The lowest BCUT2D eigenvalue weighted by atomic mass is 10.0. The smallest absolute Gasteiger partial charge is 0.0533 e. The van der Waals surface area contributed by atoms with Gasteiger partial charge < -0.3 is 0 Å². The van der Waals surface area contributed by atoms with Gasteiger partial charge >= 0.3 is 0 Å². The zero-order valence-electron chi connectivity index (χ0n) is 36.8. The molecule has 14 rings (SSSR count). The second kappa shape index (κ2) is 47.2. The molecule has 312 valence electrons. The molecule has 52 heavy (non-hydrogen) atoms. The minimum Gasteiger partial charge on any atom is -0.0533 e. The van der Waals surface area contributed by atoms with E-state index in [4.69, 9.17) is 0 Å². The van der Waals surface area contributed by atoms with Crippen LogP contribution in [0.4, 0.5) is 0 Å². The van der Waals surface area contributed by atoms with Gasteiger partial charge in [0.15, 0.2) is 0 Å². The molecule has 0 amide bonds. The van der Waals surface area contributed by atoms with E-state index in [1.807, 2.05) is 0 Å². The van der Waals surface area contributed by atoms with Gasteiger partial charge in [-0.2, -0.15) is 0 Å². The lowest BCUT2D eigenvalue weighted by molar-refractivity contribution is 0.504. The van der Waals surface area contributed by atoms with Crippen molar-refractivity contribution in [2.24, 2.45) is 0 Å². The van der Waals surface area contributed by atoms with Crippen molar-refractivity contribution < 1.29 is 0 Å². The van der Waals surface area contributed by atoms with E-state index in [2.05, 4.69) is 0 Å². The summed E-state index contributed by atoms with van der Waals surface area (Å²) in [7, 11) is 0. The van der Waals surface area contributed by atoms with Crippen molar-refractivity contribution in [2.75, 3.05) is 0 Å². The topological polar surface area (TPSA) is 0 Å². The molecule has 0 bridgehead atoms. The van der Waals surface area contributed by atoms with Crippen LogP contribution in [0, 0.1) is 0 Å². The molecule has 0 unspecified atom stereocenters. The number of hydrogen-bond acceptors (Lipinski definition) is 0. The summed E-state index contributed by atoms with van der Waals surface area (Å²) < 4.78 is 0. The van der Waals surface area contributed by atoms with Crippen LogP contribution in [0.1, 0.15) is 334 Å². The van der Waals surface area contributed by atoms with Crippen LogP contribution >= 0.6 is 0 Å². The molecule has 14 aliphatic rings. The zero-order chi connectivity index (χ0) is 36.8. The molecular formula is C52H104. The van der Waals surface area contributed by atoms with Crippen molar-refractivity contribution in [3.8, 4) is 0 Å². The molecule has 14 aliphatic carbocycles. The Hall–Kier alpha value is 0. The maximum absolute atomic E-state index is 1.50. The number of rotatable bonds is 0. The molecule has 0 aromatic heterocycles. The molecule has 0 radical (unpaired) electrons. The van der Waals surface area contributed by atoms with Crippen LogP contribution in [0.25, 0.3) is 0 Å². The Balaban J connectivity index is 0.000000280. The van der Waals surface area contributed by atoms with Gasteiger partial charge in [-0.1, -0.05) is 334 Å². The fourth-order valence-electron chi connectivity index (χ4n) is 2.50. The first kappa shape index (κ1) is 50.0. The SMILES string of the molecule is C1CC1.C1CC1.C1CC1.C1CC1.C1CCC1.C1CCC1.C1CCC1.C1CCC1.C1CCC1.C1CCC1.C1CCC1.C1CCC1.C1CCC1.C1CCC1. The van der Waals surface area contributed by atoms with Crippen LogP contribution in [0.15, 0.2) is 0 Å². The highest BCUT2D eigenvalue weighted by atomic mass is 14.1. The zero-order valence-corrected chi connectivity index (χ0v) is 36.8. The Morgan fingerprint density at radius 3 is 0.0577 bits per heavy atom. The second-order valence-electron chi connectivity index (χ2n) is 18.4. The number of hydrogen-bond donors (Lipinski definition) is 0. The lowest BCUT2D eigenvalue weighted by Crippen LogP contribution is -1.85. The van der Waals surface area contributed by atoms with E-state index in [1.165, 1.54) is 334 Å². The molecule has 0 N–H and O–H groups in total. The van der Waals surface area contributed by atoms with E-state index in [1.54, 1.807) is 0 Å². The van der Waals surface area contributed by atoms with Crippen LogP contribution < -0.4 is 0 Å². The summed E-state index contributed by atoms with van der Waals surface area (Å²) in [5, 5.41) is 0. The first-order chi connectivity index (χ1) is 26.0. The van der Waals surface area contributed by atoms with Gasteiger partial charge in [-0.05, 0) is 0 Å². The largest absolute Gasteiger partial charge is 0.0533 e. The molecule has 0 heteroatoms. The average molecular weight is 729 g/mol. The van der Waals surface area contributed by atoms with Crippen LogP contribution in [0.3, 0.4) is 0 Å². The quantitative estimate of drug-likeness (QED) is 0.233. The third kappa shape index (κ3) is 62.0. The van der Waals surface area contributed by atoms with Gasteiger partial charge in [-0.3, -0.25) is 0 Å². The first-order valence-electron chi connectivity index (χ1n) is 26.0. The van der Waals surface area contributed by atoms with Crippen LogP contribution in [0.2, 0.25) is 0 Å². The van der Waals surface area contributed by atoms with E-state index in [9.17, 15) is 0 Å². The molecular weight excluding hydrogens is 625 g/mol. The minimum absolute atomic E-state index is 1.50. The summed E-state index contributed by atoms with van der Waals surface area (Å²) in [6, 6.07) is 0. The van der Waals surface area contributed by atoms with Crippen molar-refractivity contribution in [3.05, 3.63) is 0 Å². The van der Waals surface area contributed by atoms with Gasteiger partial charge in [-0.15, -0.1) is 0 Å². The van der Waals surface area contributed by atoms with Crippen molar-refractivity contribution >= 4 is 0 Å². The maximum atomic E-state index is 1.50. The van der Waals surface area contributed by atoms with E-state index >= 15 is 0 Å². The van der Waals surface area contributed by atoms with Gasteiger partial charge in [-0.25, -0.2) is 0 Å². The second-order valence-corrected chi connectivity index (χ2v) is 18.4. The fourth-order valence-corrected chi connectivity index (χ4v) is 2.50. The van der Waals surface area contributed by atoms with Gasteiger partial charge in [0.1, 0.15) is 0 Å². The summed E-state index contributed by atoms with van der Waals surface area (Å²) >= 11 is 0. The normalized spacial score (nSPS) is 24.0. The molecule has 0 saturated heterocycles. The van der Waals surface area contributed by atoms with Crippen molar-refractivity contribution in [3.63, 3.8) is 0 Å².